The van der Waals surface area contributed by atoms with E-state index < -0.39 is 12.2 Å². The molecule has 1 fully saturated rings. The number of anilines is 1. The largest absolute Gasteiger partial charge is 0.394 e. The first-order valence-corrected chi connectivity index (χ1v) is 5.56. The summed E-state index contributed by atoms with van der Waals surface area (Å²) in [5.74, 6) is 0.297. The van der Waals surface area contributed by atoms with Crippen LogP contribution in [0.25, 0.3) is 11.2 Å². The van der Waals surface area contributed by atoms with Crippen LogP contribution in [0.1, 0.15) is 6.04 Å². The van der Waals surface area contributed by atoms with Crippen molar-refractivity contribution in [3.63, 3.8) is 0 Å². The minimum atomic E-state index is -0.802. The maximum Gasteiger partial charge on any atom is 0.165 e. The van der Waals surface area contributed by atoms with Crippen molar-refractivity contribution in [1.82, 2.24) is 19.5 Å². The highest BCUT2D eigenvalue weighted by molar-refractivity contribution is 5.81. The fourth-order valence-corrected chi connectivity index (χ4v) is 2.19. The van der Waals surface area contributed by atoms with Crippen molar-refractivity contribution < 1.29 is 14.9 Å². The fourth-order valence-electron chi connectivity index (χ4n) is 2.19. The molecule has 8 heteroatoms. The Morgan fingerprint density at radius 3 is 3.00 bits per heavy atom. The summed E-state index contributed by atoms with van der Waals surface area (Å²) in [6.07, 6.45) is 1.52. The van der Waals surface area contributed by atoms with Gasteiger partial charge >= 0.3 is 0 Å². The molecule has 0 bridgehead atoms. The average Bonchev–Trinajstić information content (AvgIpc) is 2.93. The van der Waals surface area contributed by atoms with Gasteiger partial charge in [-0.25, -0.2) is 15.0 Å². The zero-order valence-electron chi connectivity index (χ0n) is 9.47. The van der Waals surface area contributed by atoms with Gasteiger partial charge in [0.15, 0.2) is 11.5 Å². The van der Waals surface area contributed by atoms with Gasteiger partial charge in [0.1, 0.15) is 24.1 Å². The van der Waals surface area contributed by atoms with Gasteiger partial charge in [-0.05, 0) is 0 Å². The standard InChI is InChI=1S/C10H13N5O3/c11-9-7-10(13-3-12-9)15(4-14-7)5-2-18-6(1-16)8(5)17/h3-6,8,16-17H,1-2H2,(H2,11,12,13)/t5-,6-,8-/m1/s1. The molecule has 3 atom stereocenters. The second-order valence-corrected chi connectivity index (χ2v) is 4.20. The van der Waals surface area contributed by atoms with Crippen LogP contribution in [0.2, 0.25) is 0 Å². The number of aliphatic hydroxyl groups excluding tert-OH is 2. The highest BCUT2D eigenvalue weighted by Gasteiger charge is 2.37. The maximum absolute atomic E-state index is 10.0. The molecule has 2 aromatic rings. The summed E-state index contributed by atoms with van der Waals surface area (Å²) < 4.78 is 7.01. The van der Waals surface area contributed by atoms with Crippen LogP contribution >= 0.6 is 0 Å². The smallest absolute Gasteiger partial charge is 0.165 e. The highest BCUT2D eigenvalue weighted by atomic mass is 16.5. The zero-order chi connectivity index (χ0) is 12.7. The first kappa shape index (κ1) is 11.3. The van der Waals surface area contributed by atoms with Crippen LogP contribution in [0.5, 0.6) is 0 Å². The van der Waals surface area contributed by atoms with E-state index in [-0.39, 0.29) is 12.6 Å². The Labute approximate surface area is 102 Å². The second-order valence-electron chi connectivity index (χ2n) is 4.20. The summed E-state index contributed by atoms with van der Waals surface area (Å²) in [6, 6.07) is -0.332. The van der Waals surface area contributed by atoms with Crippen molar-refractivity contribution >= 4 is 17.0 Å². The van der Waals surface area contributed by atoms with E-state index in [0.717, 1.165) is 0 Å². The lowest BCUT2D eigenvalue weighted by molar-refractivity contribution is 0.00206. The van der Waals surface area contributed by atoms with Gasteiger partial charge in [0, 0.05) is 0 Å². The summed E-state index contributed by atoms with van der Waals surface area (Å²) in [7, 11) is 0. The van der Waals surface area contributed by atoms with Crippen molar-refractivity contribution in [3.05, 3.63) is 12.7 Å². The predicted molar refractivity (Wildman–Crippen MR) is 61.6 cm³/mol. The van der Waals surface area contributed by atoms with E-state index in [9.17, 15) is 5.11 Å². The van der Waals surface area contributed by atoms with E-state index in [2.05, 4.69) is 15.0 Å². The third-order valence-corrected chi connectivity index (χ3v) is 3.18. The van der Waals surface area contributed by atoms with Crippen LogP contribution < -0.4 is 5.73 Å². The predicted octanol–water partition coefficient (Wildman–Crippen LogP) is -1.30. The average molecular weight is 251 g/mol. The van der Waals surface area contributed by atoms with E-state index >= 15 is 0 Å². The van der Waals surface area contributed by atoms with Gasteiger partial charge < -0.3 is 25.3 Å². The third-order valence-electron chi connectivity index (χ3n) is 3.18. The number of aromatic nitrogens is 4. The minimum Gasteiger partial charge on any atom is -0.394 e. The molecule has 8 nitrogen and oxygen atoms in total. The number of imidazole rings is 1. The Bertz CT molecular complexity index is 572. The molecule has 0 aromatic carbocycles. The fraction of sp³-hybridized carbons (Fsp3) is 0.500. The molecule has 1 aliphatic rings. The van der Waals surface area contributed by atoms with Crippen LogP contribution in [0.15, 0.2) is 12.7 Å². The number of aliphatic hydroxyl groups is 2. The zero-order valence-corrected chi connectivity index (χ0v) is 9.47. The molecule has 2 aromatic heterocycles. The number of ether oxygens (including phenoxy) is 1. The molecule has 96 valence electrons. The van der Waals surface area contributed by atoms with E-state index in [1.54, 1.807) is 10.9 Å². The van der Waals surface area contributed by atoms with Crippen LogP contribution in [0.4, 0.5) is 5.82 Å². The number of fused-ring (bicyclic) bond motifs is 1. The Balaban J connectivity index is 2.03. The van der Waals surface area contributed by atoms with E-state index in [1.807, 2.05) is 0 Å². The topological polar surface area (TPSA) is 119 Å². The number of hydrogen-bond acceptors (Lipinski definition) is 7. The first-order chi connectivity index (χ1) is 8.72. The van der Waals surface area contributed by atoms with Crippen LogP contribution in [-0.2, 0) is 4.74 Å². The minimum absolute atomic E-state index is 0.221. The number of hydrogen-bond donors (Lipinski definition) is 3. The van der Waals surface area contributed by atoms with Gasteiger partial charge in [-0.1, -0.05) is 0 Å². The summed E-state index contributed by atoms with van der Waals surface area (Å²) in [5, 5.41) is 19.1. The number of rotatable bonds is 2. The lowest BCUT2D eigenvalue weighted by Gasteiger charge is -2.17. The number of nitrogen functional groups attached to an aromatic ring is 1. The molecule has 1 saturated heterocycles. The van der Waals surface area contributed by atoms with Gasteiger partial charge in [0.25, 0.3) is 0 Å². The lowest BCUT2D eigenvalue weighted by Crippen LogP contribution is -2.30. The molecule has 18 heavy (non-hydrogen) atoms. The van der Waals surface area contributed by atoms with Gasteiger partial charge in [-0.3, -0.25) is 0 Å². The molecule has 4 N–H and O–H groups in total. The van der Waals surface area contributed by atoms with Crippen LogP contribution in [0, 0.1) is 0 Å². The molecule has 0 saturated carbocycles. The number of nitrogens with two attached hydrogens (primary N) is 1. The molecule has 0 aliphatic carbocycles. The molecular weight excluding hydrogens is 238 g/mol. The van der Waals surface area contributed by atoms with E-state index in [4.69, 9.17) is 15.6 Å². The van der Waals surface area contributed by atoms with Crippen molar-refractivity contribution in [2.45, 2.75) is 18.2 Å². The lowest BCUT2D eigenvalue weighted by atomic mass is 10.1. The molecule has 0 amide bonds. The van der Waals surface area contributed by atoms with Gasteiger partial charge in [-0.15, -0.1) is 0 Å². The maximum atomic E-state index is 10.0. The Hall–Kier alpha value is -1.77. The van der Waals surface area contributed by atoms with Gasteiger partial charge in [-0.2, -0.15) is 0 Å². The molecule has 3 heterocycles. The van der Waals surface area contributed by atoms with Crippen LogP contribution in [0.3, 0.4) is 0 Å². The summed E-state index contributed by atoms with van der Waals surface area (Å²) in [4.78, 5) is 12.1. The Morgan fingerprint density at radius 1 is 1.44 bits per heavy atom. The van der Waals surface area contributed by atoms with Crippen molar-refractivity contribution in [3.8, 4) is 0 Å². The number of nitrogens with zero attached hydrogens (tertiary/aromatic N) is 4. The molecule has 0 unspecified atom stereocenters. The summed E-state index contributed by atoms with van der Waals surface area (Å²) in [6.45, 7) is 0.0726. The first-order valence-electron chi connectivity index (χ1n) is 5.56. The van der Waals surface area contributed by atoms with E-state index in [1.165, 1.54) is 6.33 Å². The Morgan fingerprint density at radius 2 is 2.28 bits per heavy atom. The normalized spacial score (nSPS) is 28.0. The molecule has 0 spiro atoms. The van der Waals surface area contributed by atoms with Gasteiger partial charge in [0.2, 0.25) is 0 Å². The molecule has 3 rings (SSSR count). The van der Waals surface area contributed by atoms with Crippen molar-refractivity contribution in [2.24, 2.45) is 0 Å². The highest BCUT2D eigenvalue weighted by Crippen LogP contribution is 2.28. The van der Waals surface area contributed by atoms with Crippen molar-refractivity contribution in [2.75, 3.05) is 18.9 Å². The third kappa shape index (κ3) is 1.54. The SMILES string of the molecule is Nc1ncnc2c1ncn2[C@@H]1CO[C@H](CO)[C@@H]1O. The molecule has 0 radical (unpaired) electrons. The quantitative estimate of drug-likeness (QED) is 0.607. The molecule has 1 aliphatic heterocycles. The summed E-state index contributed by atoms with van der Waals surface area (Å²) in [5.41, 5.74) is 6.74. The van der Waals surface area contributed by atoms with Crippen molar-refractivity contribution in [1.29, 1.82) is 0 Å². The summed E-state index contributed by atoms with van der Waals surface area (Å²) >= 11 is 0. The Kier molecular flexibility index (Phi) is 2.62. The van der Waals surface area contributed by atoms with Gasteiger partial charge in [0.05, 0.1) is 25.6 Å². The molecular formula is C10H13N5O3. The monoisotopic (exact) mass is 251 g/mol. The second kappa shape index (κ2) is 4.16. The van der Waals surface area contributed by atoms with E-state index in [0.29, 0.717) is 23.6 Å². The van der Waals surface area contributed by atoms with Crippen LogP contribution in [-0.4, -0.2) is 55.2 Å².